The quantitative estimate of drug-likeness (QED) is 0.820. The summed E-state index contributed by atoms with van der Waals surface area (Å²) in [5, 5.41) is 10.4. The molecule has 1 heteroatoms. The third-order valence-electron chi connectivity index (χ3n) is 3.55. The van der Waals surface area contributed by atoms with Crippen molar-refractivity contribution >= 4 is 0 Å². The Labute approximate surface area is 98.5 Å². The number of hydrogen-bond donors (Lipinski definition) is 1. The zero-order valence-corrected chi connectivity index (χ0v) is 10.5. The van der Waals surface area contributed by atoms with Crippen molar-refractivity contribution in [1.29, 1.82) is 0 Å². The highest BCUT2D eigenvalue weighted by Gasteiger charge is 2.40. The van der Waals surface area contributed by atoms with Gasteiger partial charge in [-0.2, -0.15) is 0 Å². The first-order valence-electron chi connectivity index (χ1n) is 6.32. The highest BCUT2D eigenvalue weighted by molar-refractivity contribution is 5.28. The molecule has 0 unspecified atom stereocenters. The Kier molecular flexibility index (Phi) is 3.07. The van der Waals surface area contributed by atoms with Gasteiger partial charge in [0.15, 0.2) is 0 Å². The zero-order chi connectivity index (χ0) is 11.8. The topological polar surface area (TPSA) is 20.2 Å². The zero-order valence-electron chi connectivity index (χ0n) is 10.5. The van der Waals surface area contributed by atoms with Crippen molar-refractivity contribution in [3.63, 3.8) is 0 Å². The van der Waals surface area contributed by atoms with Crippen molar-refractivity contribution in [3.05, 3.63) is 35.4 Å². The molecule has 1 aromatic carbocycles. The number of aliphatic hydroxyl groups is 1. The molecule has 1 aliphatic rings. The molecule has 1 fully saturated rings. The van der Waals surface area contributed by atoms with Crippen LogP contribution in [0.1, 0.15) is 44.7 Å². The van der Waals surface area contributed by atoms with E-state index < -0.39 is 5.60 Å². The van der Waals surface area contributed by atoms with E-state index in [2.05, 4.69) is 38.1 Å². The Hall–Kier alpha value is -0.820. The van der Waals surface area contributed by atoms with Gasteiger partial charge in [-0.05, 0) is 49.1 Å². The van der Waals surface area contributed by atoms with Crippen LogP contribution in [0.2, 0.25) is 0 Å². The first kappa shape index (κ1) is 11.7. The minimum atomic E-state index is -0.615. The third-order valence-corrected chi connectivity index (χ3v) is 3.55. The minimum Gasteiger partial charge on any atom is -0.385 e. The molecule has 0 saturated heterocycles. The van der Waals surface area contributed by atoms with Crippen molar-refractivity contribution in [2.45, 2.75) is 45.6 Å². The average Bonchev–Trinajstić information content (AvgIpc) is 3.00. The fourth-order valence-corrected chi connectivity index (χ4v) is 2.33. The molecule has 0 heterocycles. The predicted octanol–water partition coefficient (Wildman–Crippen LogP) is 3.50. The van der Waals surface area contributed by atoms with E-state index in [1.54, 1.807) is 0 Å². The molecule has 1 atom stereocenters. The summed E-state index contributed by atoms with van der Waals surface area (Å²) in [6, 6.07) is 8.50. The minimum absolute atomic E-state index is 0.475. The molecule has 0 radical (unpaired) electrons. The van der Waals surface area contributed by atoms with Gasteiger partial charge in [0.1, 0.15) is 0 Å². The van der Waals surface area contributed by atoms with Crippen LogP contribution in [0.3, 0.4) is 0 Å². The molecule has 1 aliphatic carbocycles. The smallest absolute Gasteiger partial charge is 0.0896 e. The van der Waals surface area contributed by atoms with Crippen molar-refractivity contribution < 1.29 is 5.11 Å². The number of benzene rings is 1. The molecule has 1 N–H and O–H groups in total. The van der Waals surface area contributed by atoms with E-state index in [-0.39, 0.29) is 0 Å². The van der Waals surface area contributed by atoms with Crippen LogP contribution in [-0.2, 0) is 12.0 Å². The normalized spacial score (nSPS) is 19.8. The highest BCUT2D eigenvalue weighted by Crippen LogP contribution is 2.45. The molecule has 0 spiro atoms. The van der Waals surface area contributed by atoms with Crippen molar-refractivity contribution in [2.75, 3.05) is 0 Å². The molecule has 0 amide bonds. The first-order chi connectivity index (χ1) is 7.50. The molecule has 1 saturated carbocycles. The Balaban J connectivity index is 2.12. The maximum atomic E-state index is 10.4. The van der Waals surface area contributed by atoms with E-state index >= 15 is 0 Å². The fraction of sp³-hybridized carbons (Fsp3) is 0.600. The van der Waals surface area contributed by atoms with Crippen molar-refractivity contribution in [2.24, 2.45) is 11.8 Å². The van der Waals surface area contributed by atoms with Crippen LogP contribution in [0.5, 0.6) is 0 Å². The molecule has 16 heavy (non-hydrogen) atoms. The van der Waals surface area contributed by atoms with Crippen molar-refractivity contribution in [1.82, 2.24) is 0 Å². The lowest BCUT2D eigenvalue weighted by molar-refractivity contribution is 0.0331. The van der Waals surface area contributed by atoms with Gasteiger partial charge >= 0.3 is 0 Å². The molecule has 0 aliphatic heterocycles. The average molecular weight is 218 g/mol. The standard InChI is InChI=1S/C15H22O/c1-11(2)10-12-4-6-13(7-5-12)15(3,16)14-8-9-14/h4-7,11,14,16H,8-10H2,1-3H3/t15-/m1/s1. The summed E-state index contributed by atoms with van der Waals surface area (Å²) in [7, 11) is 0. The van der Waals surface area contributed by atoms with Gasteiger partial charge in [0.05, 0.1) is 5.60 Å². The Bertz CT molecular complexity index is 344. The highest BCUT2D eigenvalue weighted by atomic mass is 16.3. The second-order valence-corrected chi connectivity index (χ2v) is 5.72. The van der Waals surface area contributed by atoms with Crippen LogP contribution in [0.15, 0.2) is 24.3 Å². The van der Waals surface area contributed by atoms with Gasteiger partial charge < -0.3 is 5.11 Å². The van der Waals surface area contributed by atoms with Crippen LogP contribution < -0.4 is 0 Å². The van der Waals surface area contributed by atoms with Crippen molar-refractivity contribution in [3.8, 4) is 0 Å². The molecular weight excluding hydrogens is 196 g/mol. The van der Waals surface area contributed by atoms with Gasteiger partial charge in [0.25, 0.3) is 0 Å². The summed E-state index contributed by atoms with van der Waals surface area (Å²) in [6.07, 6.45) is 3.45. The number of hydrogen-bond acceptors (Lipinski definition) is 1. The van der Waals surface area contributed by atoms with Crippen LogP contribution in [0.4, 0.5) is 0 Å². The molecule has 1 nitrogen and oxygen atoms in total. The SMILES string of the molecule is CC(C)Cc1ccc([C@@](C)(O)C2CC2)cc1. The molecule has 0 aromatic heterocycles. The summed E-state index contributed by atoms with van der Waals surface area (Å²) in [4.78, 5) is 0. The maximum absolute atomic E-state index is 10.4. The van der Waals surface area contributed by atoms with Crippen LogP contribution in [-0.4, -0.2) is 5.11 Å². The summed E-state index contributed by atoms with van der Waals surface area (Å²) in [5.74, 6) is 1.17. The maximum Gasteiger partial charge on any atom is 0.0896 e. The summed E-state index contributed by atoms with van der Waals surface area (Å²) >= 11 is 0. The largest absolute Gasteiger partial charge is 0.385 e. The van der Waals surface area contributed by atoms with Gasteiger partial charge in [-0.15, -0.1) is 0 Å². The predicted molar refractivity (Wildman–Crippen MR) is 67.3 cm³/mol. The second-order valence-electron chi connectivity index (χ2n) is 5.72. The van der Waals surface area contributed by atoms with Crippen LogP contribution in [0.25, 0.3) is 0 Å². The molecule has 2 rings (SSSR count). The Morgan fingerprint density at radius 2 is 1.81 bits per heavy atom. The molecular formula is C15H22O. The summed E-state index contributed by atoms with van der Waals surface area (Å²) in [5.41, 5.74) is 1.82. The van der Waals surface area contributed by atoms with E-state index in [1.807, 2.05) is 6.92 Å². The van der Waals surface area contributed by atoms with E-state index in [9.17, 15) is 5.11 Å². The molecule has 88 valence electrons. The van der Waals surface area contributed by atoms with Gasteiger partial charge in [0.2, 0.25) is 0 Å². The van der Waals surface area contributed by atoms with E-state index in [4.69, 9.17) is 0 Å². The van der Waals surface area contributed by atoms with E-state index in [0.717, 1.165) is 12.0 Å². The molecule has 0 bridgehead atoms. The van der Waals surface area contributed by atoms with Gasteiger partial charge in [-0.3, -0.25) is 0 Å². The first-order valence-corrected chi connectivity index (χ1v) is 6.32. The summed E-state index contributed by atoms with van der Waals surface area (Å²) < 4.78 is 0. The van der Waals surface area contributed by atoms with Gasteiger partial charge in [0, 0.05) is 0 Å². The van der Waals surface area contributed by atoms with E-state index in [0.29, 0.717) is 11.8 Å². The van der Waals surface area contributed by atoms with Gasteiger partial charge in [-0.25, -0.2) is 0 Å². The lowest BCUT2D eigenvalue weighted by Crippen LogP contribution is -2.23. The van der Waals surface area contributed by atoms with E-state index in [1.165, 1.54) is 18.4 Å². The monoisotopic (exact) mass is 218 g/mol. The molecule has 1 aromatic rings. The Morgan fingerprint density at radius 3 is 2.25 bits per heavy atom. The van der Waals surface area contributed by atoms with Crippen LogP contribution in [0, 0.1) is 11.8 Å². The second kappa shape index (κ2) is 4.21. The van der Waals surface area contributed by atoms with Gasteiger partial charge in [-0.1, -0.05) is 38.1 Å². The fourth-order valence-electron chi connectivity index (χ4n) is 2.33. The number of rotatable bonds is 4. The Morgan fingerprint density at radius 1 is 1.25 bits per heavy atom. The lowest BCUT2D eigenvalue weighted by atomic mass is 9.89. The summed E-state index contributed by atoms with van der Waals surface area (Å²) in [6.45, 7) is 6.41. The third kappa shape index (κ3) is 2.46. The lowest BCUT2D eigenvalue weighted by Gasteiger charge is -2.23. The van der Waals surface area contributed by atoms with Crippen LogP contribution >= 0.6 is 0 Å².